The SMILES string of the molecule is COc1cc(/C=N/NC(=O)CN2CCOCC2)cc(OC)c1OC. The quantitative estimate of drug-likeness (QED) is 0.576. The molecule has 0 atom stereocenters. The largest absolute Gasteiger partial charge is 0.493 e. The van der Waals surface area contributed by atoms with Crippen LogP contribution in [0.3, 0.4) is 0 Å². The molecule has 1 aliphatic rings. The minimum atomic E-state index is -0.166. The molecule has 24 heavy (non-hydrogen) atoms. The van der Waals surface area contributed by atoms with E-state index >= 15 is 0 Å². The average molecular weight is 337 g/mol. The van der Waals surface area contributed by atoms with E-state index in [0.717, 1.165) is 18.7 Å². The normalized spacial score (nSPS) is 15.3. The lowest BCUT2D eigenvalue weighted by Crippen LogP contribution is -2.42. The van der Waals surface area contributed by atoms with Gasteiger partial charge in [-0.1, -0.05) is 0 Å². The van der Waals surface area contributed by atoms with E-state index in [-0.39, 0.29) is 5.91 Å². The Morgan fingerprint density at radius 1 is 1.21 bits per heavy atom. The summed E-state index contributed by atoms with van der Waals surface area (Å²) < 4.78 is 21.1. The summed E-state index contributed by atoms with van der Waals surface area (Å²) in [5.41, 5.74) is 3.24. The minimum Gasteiger partial charge on any atom is -0.493 e. The molecule has 0 unspecified atom stereocenters. The van der Waals surface area contributed by atoms with Gasteiger partial charge in [-0.05, 0) is 12.1 Å². The molecule has 1 heterocycles. The van der Waals surface area contributed by atoms with Crippen LogP contribution >= 0.6 is 0 Å². The summed E-state index contributed by atoms with van der Waals surface area (Å²) in [5.74, 6) is 1.39. The molecule has 0 bridgehead atoms. The van der Waals surface area contributed by atoms with Crippen LogP contribution in [0.2, 0.25) is 0 Å². The Balaban J connectivity index is 1.96. The van der Waals surface area contributed by atoms with Gasteiger partial charge in [-0.15, -0.1) is 0 Å². The van der Waals surface area contributed by atoms with E-state index in [1.54, 1.807) is 33.5 Å². The number of carbonyl (C=O) groups excluding carboxylic acids is 1. The van der Waals surface area contributed by atoms with Gasteiger partial charge in [0.05, 0.1) is 47.3 Å². The maximum absolute atomic E-state index is 11.9. The van der Waals surface area contributed by atoms with Crippen LogP contribution in [-0.4, -0.2) is 71.2 Å². The summed E-state index contributed by atoms with van der Waals surface area (Å²) in [6.45, 7) is 3.12. The Bertz CT molecular complexity index is 560. The molecule has 0 spiro atoms. The number of methoxy groups -OCH3 is 3. The number of hydrogen-bond acceptors (Lipinski definition) is 7. The average Bonchev–Trinajstić information content (AvgIpc) is 2.61. The summed E-state index contributed by atoms with van der Waals surface area (Å²) in [6, 6.07) is 3.50. The van der Waals surface area contributed by atoms with Gasteiger partial charge in [0.1, 0.15) is 0 Å². The molecule has 1 fully saturated rings. The summed E-state index contributed by atoms with van der Waals surface area (Å²) in [7, 11) is 4.63. The molecule has 1 aromatic carbocycles. The first-order valence-corrected chi connectivity index (χ1v) is 7.60. The van der Waals surface area contributed by atoms with Crippen LogP contribution in [0.1, 0.15) is 5.56 Å². The lowest BCUT2D eigenvalue weighted by molar-refractivity contribution is -0.123. The Morgan fingerprint density at radius 2 is 1.83 bits per heavy atom. The van der Waals surface area contributed by atoms with Gasteiger partial charge in [0.15, 0.2) is 11.5 Å². The van der Waals surface area contributed by atoms with Gasteiger partial charge in [-0.3, -0.25) is 9.69 Å². The smallest absolute Gasteiger partial charge is 0.254 e. The first-order chi connectivity index (χ1) is 11.7. The van der Waals surface area contributed by atoms with Crippen molar-refractivity contribution in [3.63, 3.8) is 0 Å². The van der Waals surface area contributed by atoms with Crippen molar-refractivity contribution >= 4 is 12.1 Å². The van der Waals surface area contributed by atoms with Crippen molar-refractivity contribution in [2.45, 2.75) is 0 Å². The topological polar surface area (TPSA) is 81.6 Å². The van der Waals surface area contributed by atoms with Crippen molar-refractivity contribution in [3.05, 3.63) is 17.7 Å². The summed E-state index contributed by atoms with van der Waals surface area (Å²) in [4.78, 5) is 13.9. The zero-order valence-electron chi connectivity index (χ0n) is 14.2. The highest BCUT2D eigenvalue weighted by molar-refractivity contribution is 5.84. The van der Waals surface area contributed by atoms with Gasteiger partial charge in [0.2, 0.25) is 5.75 Å². The fourth-order valence-corrected chi connectivity index (χ4v) is 2.35. The van der Waals surface area contributed by atoms with Crippen LogP contribution < -0.4 is 19.6 Å². The highest BCUT2D eigenvalue weighted by Crippen LogP contribution is 2.37. The van der Waals surface area contributed by atoms with E-state index in [4.69, 9.17) is 18.9 Å². The maximum atomic E-state index is 11.9. The van der Waals surface area contributed by atoms with Gasteiger partial charge >= 0.3 is 0 Å². The van der Waals surface area contributed by atoms with Crippen molar-refractivity contribution < 1.29 is 23.7 Å². The molecule has 0 radical (unpaired) electrons. The third kappa shape index (κ3) is 4.84. The van der Waals surface area contributed by atoms with Gasteiger partial charge < -0.3 is 18.9 Å². The van der Waals surface area contributed by atoms with Gasteiger partial charge in [-0.2, -0.15) is 5.10 Å². The molecule has 2 rings (SSSR count). The van der Waals surface area contributed by atoms with Crippen molar-refractivity contribution in [2.24, 2.45) is 5.10 Å². The molecule has 1 aliphatic heterocycles. The third-order valence-corrected chi connectivity index (χ3v) is 3.56. The van der Waals surface area contributed by atoms with E-state index in [0.29, 0.717) is 37.0 Å². The highest BCUT2D eigenvalue weighted by atomic mass is 16.5. The summed E-state index contributed by atoms with van der Waals surface area (Å²) in [5, 5.41) is 3.98. The van der Waals surface area contributed by atoms with Crippen LogP contribution in [0.4, 0.5) is 0 Å². The number of nitrogens with one attached hydrogen (secondary N) is 1. The number of ether oxygens (including phenoxy) is 4. The zero-order valence-corrected chi connectivity index (χ0v) is 14.2. The molecule has 1 N–H and O–H groups in total. The van der Waals surface area contributed by atoms with Gasteiger partial charge in [0, 0.05) is 18.7 Å². The molecule has 1 aromatic rings. The molecule has 132 valence electrons. The van der Waals surface area contributed by atoms with Crippen LogP contribution in [0, 0.1) is 0 Å². The third-order valence-electron chi connectivity index (χ3n) is 3.56. The van der Waals surface area contributed by atoms with E-state index in [2.05, 4.69) is 10.5 Å². The number of nitrogens with zero attached hydrogens (tertiary/aromatic N) is 2. The van der Waals surface area contributed by atoms with E-state index in [9.17, 15) is 4.79 Å². The van der Waals surface area contributed by atoms with Crippen molar-refractivity contribution in [2.75, 3.05) is 54.2 Å². The first kappa shape index (κ1) is 18.0. The fraction of sp³-hybridized carbons (Fsp3) is 0.500. The molecule has 1 amide bonds. The minimum absolute atomic E-state index is 0.166. The number of rotatable bonds is 7. The number of amides is 1. The molecular formula is C16H23N3O5. The number of hydrazone groups is 1. The highest BCUT2D eigenvalue weighted by Gasteiger charge is 2.14. The number of hydrogen-bond donors (Lipinski definition) is 1. The molecule has 0 saturated carbocycles. The van der Waals surface area contributed by atoms with Crippen LogP contribution in [0.5, 0.6) is 17.2 Å². The van der Waals surface area contributed by atoms with Gasteiger partial charge in [-0.25, -0.2) is 5.43 Å². The standard InChI is InChI=1S/C16H23N3O5/c1-21-13-8-12(9-14(22-2)16(13)23-3)10-17-18-15(20)11-19-4-6-24-7-5-19/h8-10H,4-7,11H2,1-3H3,(H,18,20)/b17-10+. The van der Waals surface area contributed by atoms with Crippen molar-refractivity contribution in [1.82, 2.24) is 10.3 Å². The van der Waals surface area contributed by atoms with Crippen LogP contribution in [0.25, 0.3) is 0 Å². The Hall–Kier alpha value is -2.32. The summed E-state index contributed by atoms with van der Waals surface area (Å²) in [6.07, 6.45) is 1.53. The number of benzene rings is 1. The van der Waals surface area contributed by atoms with Crippen molar-refractivity contribution in [1.29, 1.82) is 0 Å². The second kappa shape index (κ2) is 9.09. The number of morpholine rings is 1. The monoisotopic (exact) mass is 337 g/mol. The zero-order chi connectivity index (χ0) is 17.4. The van der Waals surface area contributed by atoms with E-state index in [1.807, 2.05) is 4.90 Å². The van der Waals surface area contributed by atoms with E-state index < -0.39 is 0 Å². The van der Waals surface area contributed by atoms with Crippen molar-refractivity contribution in [3.8, 4) is 17.2 Å². The lowest BCUT2D eigenvalue weighted by atomic mass is 10.2. The predicted molar refractivity (Wildman–Crippen MR) is 89.1 cm³/mol. The van der Waals surface area contributed by atoms with Crippen LogP contribution in [0.15, 0.2) is 17.2 Å². The lowest BCUT2D eigenvalue weighted by Gasteiger charge is -2.25. The Morgan fingerprint density at radius 3 is 2.38 bits per heavy atom. The number of carbonyl (C=O) groups is 1. The molecule has 8 heteroatoms. The Labute approximate surface area is 141 Å². The fourth-order valence-electron chi connectivity index (χ4n) is 2.35. The molecular weight excluding hydrogens is 314 g/mol. The predicted octanol–water partition coefficient (Wildman–Crippen LogP) is 0.495. The Kier molecular flexibility index (Phi) is 6.83. The molecule has 1 saturated heterocycles. The van der Waals surface area contributed by atoms with Crippen LogP contribution in [-0.2, 0) is 9.53 Å². The maximum Gasteiger partial charge on any atom is 0.254 e. The molecule has 0 aliphatic carbocycles. The van der Waals surface area contributed by atoms with Gasteiger partial charge in [0.25, 0.3) is 5.91 Å². The second-order valence-electron chi connectivity index (χ2n) is 5.14. The summed E-state index contributed by atoms with van der Waals surface area (Å²) >= 11 is 0. The molecule has 0 aromatic heterocycles. The van der Waals surface area contributed by atoms with E-state index in [1.165, 1.54) is 6.21 Å². The molecule has 8 nitrogen and oxygen atoms in total. The second-order valence-corrected chi connectivity index (χ2v) is 5.14. The first-order valence-electron chi connectivity index (χ1n) is 7.60.